The fourth-order valence-corrected chi connectivity index (χ4v) is 2.26. The summed E-state index contributed by atoms with van der Waals surface area (Å²) in [5, 5.41) is 28.7. The Balaban J connectivity index is 2.83. The summed E-state index contributed by atoms with van der Waals surface area (Å²) >= 11 is 0. The fraction of sp³-hybridized carbons (Fsp3) is 0.474. The number of carbonyl (C=O) groups excluding carboxylic acids is 1. The molecule has 1 aromatic rings. The Morgan fingerprint density at radius 3 is 1.84 bits per heavy atom. The molecule has 0 bridgehead atoms. The lowest BCUT2D eigenvalue weighted by Gasteiger charge is -2.32. The van der Waals surface area contributed by atoms with Crippen LogP contribution in [0.15, 0.2) is 30.3 Å². The molecule has 1 amide bonds. The van der Waals surface area contributed by atoms with Crippen molar-refractivity contribution in [3.05, 3.63) is 35.9 Å². The molecule has 12 nitrogen and oxygen atoms in total. The monoisotopic (exact) mass is 443 g/mol. The van der Waals surface area contributed by atoms with Crippen LogP contribution >= 0.6 is 0 Å². The number of benzene rings is 1. The van der Waals surface area contributed by atoms with Gasteiger partial charge >= 0.3 is 24.2 Å². The predicted octanol–water partition coefficient (Wildman–Crippen LogP) is 1.33. The number of alkyl carbamates (subject to hydrolysis) is 1. The Bertz CT molecular complexity index is 701. The van der Waals surface area contributed by atoms with Gasteiger partial charge in [-0.3, -0.25) is 9.59 Å². The van der Waals surface area contributed by atoms with Crippen molar-refractivity contribution in [2.24, 2.45) is 0 Å². The number of hydrogen-bond acceptors (Lipinski definition) is 8. The van der Waals surface area contributed by atoms with Gasteiger partial charge < -0.3 is 39.6 Å². The standard InChI is InChI=1S/C19H25NO11/c21-15(22)6-8-28-11-19(13-31-18(26)27,12-29-9-7-16(23)24)20-17(25)30-10-14-4-2-1-3-5-14/h1-5H,6-13H2,(H,20,25)(H,21,22)(H,23,24)(H,26,27). The number of aliphatic carboxylic acids is 2. The van der Waals surface area contributed by atoms with E-state index in [0.29, 0.717) is 5.56 Å². The van der Waals surface area contributed by atoms with Gasteiger partial charge in [0, 0.05) is 0 Å². The Morgan fingerprint density at radius 1 is 0.806 bits per heavy atom. The molecule has 1 aromatic carbocycles. The van der Waals surface area contributed by atoms with Crippen molar-refractivity contribution in [1.29, 1.82) is 0 Å². The summed E-state index contributed by atoms with van der Waals surface area (Å²) in [7, 11) is 0. The van der Waals surface area contributed by atoms with Gasteiger partial charge in [0.05, 0.1) is 39.3 Å². The highest BCUT2D eigenvalue weighted by Crippen LogP contribution is 2.11. The molecule has 172 valence electrons. The van der Waals surface area contributed by atoms with Gasteiger partial charge in [0.25, 0.3) is 0 Å². The number of amides is 1. The zero-order valence-electron chi connectivity index (χ0n) is 16.7. The highest BCUT2D eigenvalue weighted by Gasteiger charge is 2.36. The third kappa shape index (κ3) is 12.0. The van der Waals surface area contributed by atoms with E-state index in [9.17, 15) is 19.2 Å². The minimum absolute atomic E-state index is 0.0672. The van der Waals surface area contributed by atoms with E-state index in [-0.39, 0.29) is 45.9 Å². The van der Waals surface area contributed by atoms with Crippen LogP contribution < -0.4 is 5.32 Å². The molecule has 31 heavy (non-hydrogen) atoms. The molecule has 0 spiro atoms. The van der Waals surface area contributed by atoms with Crippen LogP contribution in [-0.4, -0.2) is 78.1 Å². The highest BCUT2D eigenvalue weighted by atomic mass is 16.7. The van der Waals surface area contributed by atoms with E-state index in [1.165, 1.54) is 0 Å². The number of carboxylic acid groups (broad SMARTS) is 3. The molecule has 4 N–H and O–H groups in total. The molecule has 0 atom stereocenters. The molecule has 0 saturated heterocycles. The highest BCUT2D eigenvalue weighted by molar-refractivity contribution is 5.69. The van der Waals surface area contributed by atoms with E-state index in [1.807, 2.05) is 0 Å². The Labute approximate surface area is 177 Å². The third-order valence-corrected chi connectivity index (χ3v) is 3.73. The fourth-order valence-electron chi connectivity index (χ4n) is 2.26. The van der Waals surface area contributed by atoms with Gasteiger partial charge in [0.2, 0.25) is 0 Å². The minimum Gasteiger partial charge on any atom is -0.481 e. The average molecular weight is 443 g/mol. The molecular formula is C19H25NO11. The second kappa shape index (κ2) is 13.8. The first-order chi connectivity index (χ1) is 14.7. The first kappa shape index (κ1) is 25.7. The summed E-state index contributed by atoms with van der Waals surface area (Å²) in [5.41, 5.74) is -0.871. The zero-order chi connectivity index (χ0) is 23.1. The van der Waals surface area contributed by atoms with Crippen molar-refractivity contribution in [1.82, 2.24) is 5.32 Å². The average Bonchev–Trinajstić information content (AvgIpc) is 2.72. The maximum absolute atomic E-state index is 12.3. The van der Waals surface area contributed by atoms with E-state index in [1.54, 1.807) is 30.3 Å². The lowest BCUT2D eigenvalue weighted by molar-refractivity contribution is -0.139. The van der Waals surface area contributed by atoms with E-state index >= 15 is 0 Å². The number of ether oxygens (including phenoxy) is 4. The van der Waals surface area contributed by atoms with Crippen LogP contribution in [0, 0.1) is 0 Å². The number of nitrogens with one attached hydrogen (secondary N) is 1. The Morgan fingerprint density at radius 2 is 1.35 bits per heavy atom. The topological polar surface area (TPSA) is 178 Å². The van der Waals surface area contributed by atoms with Crippen molar-refractivity contribution < 1.29 is 53.4 Å². The van der Waals surface area contributed by atoms with Gasteiger partial charge in [-0.05, 0) is 5.56 Å². The SMILES string of the molecule is O=C(O)CCOCC(COCCC(=O)O)(COC(=O)O)NC(=O)OCc1ccccc1. The van der Waals surface area contributed by atoms with Crippen LogP contribution in [0.25, 0.3) is 0 Å². The summed E-state index contributed by atoms with van der Waals surface area (Å²) in [5.74, 6) is -2.22. The molecule has 0 aliphatic heterocycles. The molecule has 0 unspecified atom stereocenters. The summed E-state index contributed by atoms with van der Waals surface area (Å²) < 4.78 is 20.2. The summed E-state index contributed by atoms with van der Waals surface area (Å²) in [4.78, 5) is 44.5. The minimum atomic E-state index is -1.63. The normalized spacial score (nSPS) is 10.8. The molecular weight excluding hydrogens is 418 g/mol. The number of carbonyl (C=O) groups is 4. The van der Waals surface area contributed by atoms with Crippen LogP contribution in [-0.2, 0) is 35.1 Å². The van der Waals surface area contributed by atoms with E-state index in [0.717, 1.165) is 0 Å². The van der Waals surface area contributed by atoms with Crippen LogP contribution in [0.1, 0.15) is 18.4 Å². The summed E-state index contributed by atoms with van der Waals surface area (Å²) in [6.45, 7) is -1.87. The smallest absolute Gasteiger partial charge is 0.481 e. The van der Waals surface area contributed by atoms with Crippen LogP contribution in [0.2, 0.25) is 0 Å². The van der Waals surface area contributed by atoms with Gasteiger partial charge in [0.15, 0.2) is 0 Å². The predicted molar refractivity (Wildman–Crippen MR) is 103 cm³/mol. The molecule has 0 radical (unpaired) electrons. The molecule has 0 saturated carbocycles. The number of carboxylic acids is 2. The molecule has 0 aliphatic carbocycles. The maximum atomic E-state index is 12.3. The van der Waals surface area contributed by atoms with Crippen molar-refractivity contribution in [2.45, 2.75) is 25.0 Å². The molecule has 1 rings (SSSR count). The van der Waals surface area contributed by atoms with Gasteiger partial charge in [-0.25, -0.2) is 9.59 Å². The molecule has 12 heteroatoms. The lowest BCUT2D eigenvalue weighted by Crippen LogP contribution is -2.59. The zero-order valence-corrected chi connectivity index (χ0v) is 16.7. The van der Waals surface area contributed by atoms with E-state index < -0.39 is 36.3 Å². The Hall–Kier alpha value is -3.38. The quantitative estimate of drug-likeness (QED) is 0.227. The first-order valence-electron chi connectivity index (χ1n) is 9.16. The molecule has 0 aromatic heterocycles. The largest absolute Gasteiger partial charge is 0.505 e. The van der Waals surface area contributed by atoms with E-state index in [2.05, 4.69) is 10.1 Å². The second-order valence-corrected chi connectivity index (χ2v) is 6.41. The number of rotatable bonds is 15. The van der Waals surface area contributed by atoms with Gasteiger partial charge in [-0.2, -0.15) is 0 Å². The van der Waals surface area contributed by atoms with Crippen LogP contribution in [0.5, 0.6) is 0 Å². The van der Waals surface area contributed by atoms with Gasteiger partial charge in [0.1, 0.15) is 18.8 Å². The molecule has 0 heterocycles. The lowest BCUT2D eigenvalue weighted by atomic mass is 10.0. The second-order valence-electron chi connectivity index (χ2n) is 6.41. The number of hydrogen-bond donors (Lipinski definition) is 4. The van der Waals surface area contributed by atoms with Crippen LogP contribution in [0.3, 0.4) is 0 Å². The van der Waals surface area contributed by atoms with Gasteiger partial charge in [-0.1, -0.05) is 30.3 Å². The van der Waals surface area contributed by atoms with Crippen molar-refractivity contribution >= 4 is 24.2 Å². The third-order valence-electron chi connectivity index (χ3n) is 3.73. The van der Waals surface area contributed by atoms with Crippen molar-refractivity contribution in [3.63, 3.8) is 0 Å². The maximum Gasteiger partial charge on any atom is 0.505 e. The molecule has 0 fully saturated rings. The van der Waals surface area contributed by atoms with Crippen LogP contribution in [0.4, 0.5) is 9.59 Å². The Kier molecular flexibility index (Phi) is 11.4. The first-order valence-corrected chi connectivity index (χ1v) is 9.16. The summed E-state index contributed by atoms with van der Waals surface area (Å²) in [6.07, 6.45) is -3.20. The summed E-state index contributed by atoms with van der Waals surface area (Å²) in [6, 6.07) is 8.78. The van der Waals surface area contributed by atoms with Crippen molar-refractivity contribution in [2.75, 3.05) is 33.0 Å². The van der Waals surface area contributed by atoms with Crippen molar-refractivity contribution in [3.8, 4) is 0 Å². The van der Waals surface area contributed by atoms with Gasteiger partial charge in [-0.15, -0.1) is 0 Å². The van der Waals surface area contributed by atoms with E-state index in [4.69, 9.17) is 29.5 Å². The molecule has 0 aliphatic rings.